The number of hydrogen-bond acceptors (Lipinski definition) is 3. The van der Waals surface area contributed by atoms with Crippen LogP contribution >= 0.6 is 11.6 Å². The van der Waals surface area contributed by atoms with E-state index < -0.39 is 0 Å². The monoisotopic (exact) mass is 311 g/mol. The van der Waals surface area contributed by atoms with E-state index in [1.807, 2.05) is 46.2 Å². The summed E-state index contributed by atoms with van der Waals surface area (Å²) in [7, 11) is 1.85. The van der Waals surface area contributed by atoms with Gasteiger partial charge in [-0.2, -0.15) is 5.10 Å². The Hall–Kier alpha value is -1.56. The molecular weight excluding hydrogens is 290 g/mol. The van der Waals surface area contributed by atoms with Crippen molar-refractivity contribution in [1.29, 1.82) is 0 Å². The van der Waals surface area contributed by atoms with E-state index in [1.54, 1.807) is 4.68 Å². The number of aryl methyl sites for hydroxylation is 2. The zero-order valence-electron chi connectivity index (χ0n) is 13.4. The van der Waals surface area contributed by atoms with Gasteiger partial charge in [-0.1, -0.05) is 0 Å². The number of imidazole rings is 1. The molecule has 2 aromatic rings. The molecule has 0 aromatic carbocycles. The van der Waals surface area contributed by atoms with Crippen molar-refractivity contribution in [2.24, 2.45) is 7.05 Å². The Bertz CT molecular complexity index is 678. The Morgan fingerprint density at radius 1 is 1.43 bits per heavy atom. The number of hydrogen-bond donors (Lipinski definition) is 1. The Morgan fingerprint density at radius 3 is 2.57 bits per heavy atom. The molecule has 0 saturated carbocycles. The molecule has 0 spiro atoms. The number of amides is 1. The lowest BCUT2D eigenvalue weighted by molar-refractivity contribution is -0.123. The van der Waals surface area contributed by atoms with Gasteiger partial charge in [-0.3, -0.25) is 9.48 Å². The van der Waals surface area contributed by atoms with Crippen LogP contribution in [0.4, 0.5) is 0 Å². The van der Waals surface area contributed by atoms with Crippen LogP contribution in [0.2, 0.25) is 0 Å². The summed E-state index contributed by atoms with van der Waals surface area (Å²) in [6, 6.07) is 0. The highest BCUT2D eigenvalue weighted by Crippen LogP contribution is 2.25. The van der Waals surface area contributed by atoms with Crippen LogP contribution < -0.4 is 5.32 Å². The summed E-state index contributed by atoms with van der Waals surface area (Å²) in [4.78, 5) is 16.8. The SMILES string of the molecule is Cc1nn(C)c2c1nc(C(C)Cl)n2CC(=O)NC(C)(C)C. The van der Waals surface area contributed by atoms with Gasteiger partial charge in [-0.05, 0) is 34.6 Å². The summed E-state index contributed by atoms with van der Waals surface area (Å²) >= 11 is 6.21. The highest BCUT2D eigenvalue weighted by atomic mass is 35.5. The summed E-state index contributed by atoms with van der Waals surface area (Å²) in [5.74, 6) is 0.617. The minimum atomic E-state index is -0.278. The Labute approximate surface area is 129 Å². The molecule has 2 heterocycles. The molecular formula is C14H22ClN5O. The lowest BCUT2D eigenvalue weighted by atomic mass is 10.1. The first kappa shape index (κ1) is 15.8. The first-order valence-corrected chi connectivity index (χ1v) is 7.38. The summed E-state index contributed by atoms with van der Waals surface area (Å²) < 4.78 is 3.58. The van der Waals surface area contributed by atoms with Crippen molar-refractivity contribution in [1.82, 2.24) is 24.6 Å². The van der Waals surface area contributed by atoms with E-state index in [2.05, 4.69) is 15.4 Å². The molecule has 2 aromatic heterocycles. The molecule has 0 aliphatic rings. The van der Waals surface area contributed by atoms with Crippen molar-refractivity contribution >= 4 is 28.7 Å². The van der Waals surface area contributed by atoms with Gasteiger partial charge < -0.3 is 9.88 Å². The number of nitrogens with zero attached hydrogens (tertiary/aromatic N) is 4. The smallest absolute Gasteiger partial charge is 0.240 e. The fourth-order valence-electron chi connectivity index (χ4n) is 2.41. The molecule has 7 heteroatoms. The van der Waals surface area contributed by atoms with Crippen LogP contribution in [0.15, 0.2) is 0 Å². The third-order valence-corrected chi connectivity index (χ3v) is 3.29. The lowest BCUT2D eigenvalue weighted by Crippen LogP contribution is -2.42. The first-order chi connectivity index (χ1) is 9.60. The van der Waals surface area contributed by atoms with E-state index in [0.29, 0.717) is 5.82 Å². The number of carbonyl (C=O) groups excluding carboxylic acids is 1. The number of alkyl halides is 1. The minimum absolute atomic E-state index is 0.0702. The zero-order chi connectivity index (χ0) is 15.9. The highest BCUT2D eigenvalue weighted by Gasteiger charge is 2.23. The molecule has 2 rings (SSSR count). The van der Waals surface area contributed by atoms with Crippen molar-refractivity contribution in [2.45, 2.75) is 52.1 Å². The molecule has 21 heavy (non-hydrogen) atoms. The first-order valence-electron chi connectivity index (χ1n) is 6.95. The van der Waals surface area contributed by atoms with Gasteiger partial charge in [-0.25, -0.2) is 4.98 Å². The Kier molecular flexibility index (Phi) is 4.02. The molecule has 0 aliphatic carbocycles. The third-order valence-electron chi connectivity index (χ3n) is 3.09. The van der Waals surface area contributed by atoms with E-state index in [9.17, 15) is 4.79 Å². The molecule has 1 amide bonds. The third kappa shape index (κ3) is 3.20. The van der Waals surface area contributed by atoms with Crippen LogP contribution in [0.3, 0.4) is 0 Å². The molecule has 1 atom stereocenters. The van der Waals surface area contributed by atoms with Gasteiger partial charge in [-0.15, -0.1) is 11.6 Å². The average molecular weight is 312 g/mol. The number of fused-ring (bicyclic) bond motifs is 1. The molecule has 116 valence electrons. The van der Waals surface area contributed by atoms with Crippen LogP contribution in [0, 0.1) is 6.92 Å². The Balaban J connectivity index is 2.46. The van der Waals surface area contributed by atoms with Crippen LogP contribution in [0.1, 0.15) is 44.6 Å². The molecule has 0 saturated heterocycles. The summed E-state index contributed by atoms with van der Waals surface area (Å²) in [5.41, 5.74) is 2.18. The standard InChI is InChI=1S/C14H22ClN5O/c1-8(15)12-16-11-9(2)18-19(6)13(11)20(12)7-10(21)17-14(3,4)5/h8H,7H2,1-6H3,(H,17,21). The average Bonchev–Trinajstić information content (AvgIpc) is 2.77. The van der Waals surface area contributed by atoms with Crippen LogP contribution in [-0.4, -0.2) is 30.8 Å². The van der Waals surface area contributed by atoms with Gasteiger partial charge in [0.25, 0.3) is 0 Å². The quantitative estimate of drug-likeness (QED) is 0.885. The molecule has 6 nitrogen and oxygen atoms in total. The summed E-state index contributed by atoms with van der Waals surface area (Å²) in [6.45, 7) is 9.79. The fourth-order valence-corrected chi connectivity index (χ4v) is 2.58. The lowest BCUT2D eigenvalue weighted by Gasteiger charge is -2.21. The fraction of sp³-hybridized carbons (Fsp3) is 0.643. The minimum Gasteiger partial charge on any atom is -0.350 e. The van der Waals surface area contributed by atoms with Crippen molar-refractivity contribution < 1.29 is 4.79 Å². The van der Waals surface area contributed by atoms with E-state index >= 15 is 0 Å². The molecule has 0 bridgehead atoms. The van der Waals surface area contributed by atoms with Crippen molar-refractivity contribution in [3.05, 3.63) is 11.5 Å². The second-order valence-corrected chi connectivity index (χ2v) is 7.01. The van der Waals surface area contributed by atoms with Crippen molar-refractivity contribution in [3.63, 3.8) is 0 Å². The summed E-state index contributed by atoms with van der Waals surface area (Å²) in [6.07, 6.45) is 0. The van der Waals surface area contributed by atoms with Gasteiger partial charge in [0.05, 0.1) is 11.1 Å². The second-order valence-electron chi connectivity index (χ2n) is 6.35. The number of aromatic nitrogens is 4. The van der Waals surface area contributed by atoms with E-state index in [1.165, 1.54) is 0 Å². The number of carbonyl (C=O) groups is 1. The second kappa shape index (κ2) is 5.33. The van der Waals surface area contributed by atoms with E-state index in [4.69, 9.17) is 11.6 Å². The molecule has 1 N–H and O–H groups in total. The van der Waals surface area contributed by atoms with Crippen LogP contribution in [-0.2, 0) is 18.4 Å². The molecule has 0 radical (unpaired) electrons. The topological polar surface area (TPSA) is 64.7 Å². The van der Waals surface area contributed by atoms with Crippen LogP contribution in [0.5, 0.6) is 0 Å². The van der Waals surface area contributed by atoms with Gasteiger partial charge in [0.2, 0.25) is 5.91 Å². The van der Waals surface area contributed by atoms with Crippen molar-refractivity contribution in [2.75, 3.05) is 0 Å². The van der Waals surface area contributed by atoms with E-state index in [0.717, 1.165) is 16.9 Å². The van der Waals surface area contributed by atoms with Gasteiger partial charge in [0, 0.05) is 12.6 Å². The van der Waals surface area contributed by atoms with Crippen molar-refractivity contribution in [3.8, 4) is 0 Å². The predicted octanol–water partition coefficient (Wildman–Crippen LogP) is 2.29. The highest BCUT2D eigenvalue weighted by molar-refractivity contribution is 6.20. The van der Waals surface area contributed by atoms with Crippen LogP contribution in [0.25, 0.3) is 11.2 Å². The molecule has 1 unspecified atom stereocenters. The maximum absolute atomic E-state index is 12.2. The normalized spacial score (nSPS) is 13.7. The zero-order valence-corrected chi connectivity index (χ0v) is 14.1. The maximum Gasteiger partial charge on any atom is 0.240 e. The summed E-state index contributed by atoms with van der Waals surface area (Å²) in [5, 5.41) is 7.03. The van der Waals surface area contributed by atoms with Gasteiger partial charge >= 0.3 is 0 Å². The number of halogens is 1. The Morgan fingerprint density at radius 2 is 2.05 bits per heavy atom. The van der Waals surface area contributed by atoms with Gasteiger partial charge in [0.1, 0.15) is 17.9 Å². The predicted molar refractivity (Wildman–Crippen MR) is 83.4 cm³/mol. The number of rotatable bonds is 3. The number of nitrogens with one attached hydrogen (secondary N) is 1. The molecule has 0 fully saturated rings. The van der Waals surface area contributed by atoms with Gasteiger partial charge in [0.15, 0.2) is 5.65 Å². The maximum atomic E-state index is 12.2. The molecule has 0 aliphatic heterocycles. The largest absolute Gasteiger partial charge is 0.350 e. The van der Waals surface area contributed by atoms with E-state index in [-0.39, 0.29) is 23.4 Å².